The second-order valence-corrected chi connectivity index (χ2v) is 10.8. The molecule has 2 atom stereocenters. The lowest BCUT2D eigenvalue weighted by atomic mass is 9.90. The number of fused-ring (bicyclic) bond motifs is 1. The van der Waals surface area contributed by atoms with Gasteiger partial charge in [0.25, 0.3) is 0 Å². The van der Waals surface area contributed by atoms with Crippen LogP contribution < -0.4 is 29.9 Å². The van der Waals surface area contributed by atoms with E-state index in [9.17, 15) is 9.59 Å². The Bertz CT molecular complexity index is 1260. The second kappa shape index (κ2) is 11.5. The van der Waals surface area contributed by atoms with E-state index in [2.05, 4.69) is 22.2 Å². The summed E-state index contributed by atoms with van der Waals surface area (Å²) in [5, 5.41) is 6.86. The fraction of sp³-hybridized carbons (Fsp3) is 0.481. The molecule has 2 N–H and O–H groups in total. The van der Waals surface area contributed by atoms with Gasteiger partial charge in [0, 0.05) is 36.5 Å². The predicted octanol–water partition coefficient (Wildman–Crippen LogP) is 5.18. The van der Waals surface area contributed by atoms with E-state index < -0.39 is 0 Å². The lowest BCUT2D eigenvalue weighted by Gasteiger charge is -2.37. The van der Waals surface area contributed by atoms with Gasteiger partial charge in [-0.2, -0.15) is 4.98 Å². The molecule has 2 aromatic rings. The lowest BCUT2D eigenvalue weighted by molar-refractivity contribution is -0.117. The molecule has 0 spiro atoms. The van der Waals surface area contributed by atoms with E-state index in [1.54, 1.807) is 17.2 Å². The third kappa shape index (κ3) is 5.58. The quantitative estimate of drug-likeness (QED) is 0.397. The molecule has 12 heteroatoms. The molecule has 0 saturated heterocycles. The summed E-state index contributed by atoms with van der Waals surface area (Å²) in [6, 6.07) is 1.22. The number of carbonyl (C=O) groups is 2. The van der Waals surface area contributed by atoms with Crippen molar-refractivity contribution in [2.45, 2.75) is 57.2 Å². The van der Waals surface area contributed by atoms with Gasteiger partial charge in [-0.1, -0.05) is 42.6 Å². The van der Waals surface area contributed by atoms with Crippen LogP contribution in [0, 0.1) is 5.92 Å². The Kier molecular flexibility index (Phi) is 8.04. The van der Waals surface area contributed by atoms with Gasteiger partial charge in [-0.15, -0.1) is 0 Å². The van der Waals surface area contributed by atoms with Crippen molar-refractivity contribution < 1.29 is 19.1 Å². The van der Waals surface area contributed by atoms with E-state index in [0.29, 0.717) is 41.4 Å². The first-order chi connectivity index (χ1) is 18.8. The molecule has 0 radical (unpaired) electrons. The first kappa shape index (κ1) is 27.3. The van der Waals surface area contributed by atoms with Crippen LogP contribution in [-0.4, -0.2) is 54.8 Å². The summed E-state index contributed by atoms with van der Waals surface area (Å²) in [4.78, 5) is 38.5. The highest BCUT2D eigenvalue weighted by atomic mass is 35.5. The van der Waals surface area contributed by atoms with Gasteiger partial charge in [0.05, 0.1) is 26.5 Å². The summed E-state index contributed by atoms with van der Waals surface area (Å²) in [6.07, 6.45) is 8.91. The number of hydrogen-bond acceptors (Lipinski definition) is 7. The maximum Gasteiger partial charge on any atom is 0.330 e. The van der Waals surface area contributed by atoms with Crippen LogP contribution in [0.5, 0.6) is 11.5 Å². The highest BCUT2D eigenvalue weighted by Crippen LogP contribution is 2.48. The minimum atomic E-state index is -0.285. The molecule has 39 heavy (non-hydrogen) atoms. The Morgan fingerprint density at radius 1 is 1.13 bits per heavy atom. The van der Waals surface area contributed by atoms with E-state index in [1.165, 1.54) is 25.2 Å². The van der Waals surface area contributed by atoms with Crippen molar-refractivity contribution in [2.75, 3.05) is 35.9 Å². The Morgan fingerprint density at radius 2 is 1.79 bits per heavy atom. The molecule has 10 nitrogen and oxygen atoms in total. The number of nitrogens with zero attached hydrogens (tertiary/aromatic N) is 4. The summed E-state index contributed by atoms with van der Waals surface area (Å²) in [5.41, 5.74) is 1.08. The fourth-order valence-electron chi connectivity index (χ4n) is 5.18. The first-order valence-electron chi connectivity index (χ1n) is 13.1. The Morgan fingerprint density at radius 3 is 2.41 bits per heavy atom. The number of urea groups is 1. The molecule has 1 aromatic carbocycles. The predicted molar refractivity (Wildman–Crippen MR) is 151 cm³/mol. The van der Waals surface area contributed by atoms with Gasteiger partial charge in [-0.25, -0.2) is 9.78 Å². The third-order valence-electron chi connectivity index (χ3n) is 7.44. The van der Waals surface area contributed by atoms with Crippen LogP contribution in [-0.2, 0) is 11.3 Å². The van der Waals surface area contributed by atoms with E-state index in [4.69, 9.17) is 37.7 Å². The molecular weight excluding hydrogens is 543 g/mol. The number of carbonyl (C=O) groups excluding carboxylic acids is 2. The summed E-state index contributed by atoms with van der Waals surface area (Å²) < 4.78 is 10.8. The van der Waals surface area contributed by atoms with Gasteiger partial charge in [0.2, 0.25) is 11.9 Å². The molecule has 2 unspecified atom stereocenters. The number of benzene rings is 1. The van der Waals surface area contributed by atoms with Crippen molar-refractivity contribution >= 4 is 52.6 Å². The Hall–Kier alpha value is -3.24. The van der Waals surface area contributed by atoms with Crippen molar-refractivity contribution in [1.82, 2.24) is 15.3 Å². The average molecular weight is 575 g/mol. The van der Waals surface area contributed by atoms with Crippen molar-refractivity contribution in [3.8, 4) is 11.5 Å². The smallest absolute Gasteiger partial charge is 0.330 e. The monoisotopic (exact) mass is 574 g/mol. The van der Waals surface area contributed by atoms with Crippen LogP contribution in [0.25, 0.3) is 0 Å². The molecule has 5 rings (SSSR count). The number of aromatic nitrogens is 2. The molecule has 0 bridgehead atoms. The van der Waals surface area contributed by atoms with Crippen LogP contribution >= 0.6 is 23.2 Å². The number of methoxy groups -OCH3 is 2. The zero-order valence-electron chi connectivity index (χ0n) is 22.0. The molecule has 2 heterocycles. The van der Waals surface area contributed by atoms with Crippen LogP contribution in [0.2, 0.25) is 10.0 Å². The van der Waals surface area contributed by atoms with Crippen LogP contribution in [0.15, 0.2) is 24.9 Å². The summed E-state index contributed by atoms with van der Waals surface area (Å²) in [6.45, 7) is 4.25. The molecule has 2 saturated carbocycles. The van der Waals surface area contributed by atoms with Crippen LogP contribution in [0.4, 0.5) is 22.2 Å². The summed E-state index contributed by atoms with van der Waals surface area (Å²) in [7, 11) is 2.99. The molecule has 3 aliphatic rings. The second-order valence-electron chi connectivity index (χ2n) is 10.1. The highest BCUT2D eigenvalue weighted by Gasteiger charge is 2.39. The van der Waals surface area contributed by atoms with Crippen LogP contribution in [0.3, 0.4) is 0 Å². The Labute approximate surface area is 237 Å². The maximum atomic E-state index is 14.0. The number of halogens is 2. The summed E-state index contributed by atoms with van der Waals surface area (Å²) in [5.74, 6) is 1.87. The van der Waals surface area contributed by atoms with Gasteiger partial charge < -0.3 is 20.1 Å². The molecule has 3 amide bonds. The Balaban J connectivity index is 1.48. The van der Waals surface area contributed by atoms with Crippen molar-refractivity contribution in [1.29, 1.82) is 0 Å². The zero-order chi connectivity index (χ0) is 27.7. The number of rotatable bonds is 9. The molecule has 208 valence electrons. The van der Waals surface area contributed by atoms with E-state index >= 15 is 0 Å². The van der Waals surface area contributed by atoms with Crippen molar-refractivity contribution in [3.05, 3.63) is 40.5 Å². The minimum Gasteiger partial charge on any atom is -0.495 e. The molecule has 1 aromatic heterocycles. The third-order valence-corrected chi connectivity index (χ3v) is 8.17. The minimum absolute atomic E-state index is 0.0322. The molecule has 2 fully saturated rings. The van der Waals surface area contributed by atoms with Gasteiger partial charge >= 0.3 is 6.03 Å². The van der Waals surface area contributed by atoms with E-state index in [1.807, 2.05) is 0 Å². The van der Waals surface area contributed by atoms with Gasteiger partial charge in [0.15, 0.2) is 0 Å². The SMILES string of the molecule is C=CC(=O)NC1CCCCC1Nc1ncc2c(n1)N(CC1CC1)C(=O)N(c1c(Cl)c(OC)cc(OC)c1Cl)C2. The number of nitrogens with one attached hydrogen (secondary N) is 2. The van der Waals surface area contributed by atoms with Gasteiger partial charge in [0.1, 0.15) is 27.4 Å². The maximum absolute atomic E-state index is 14.0. The fourth-order valence-corrected chi connectivity index (χ4v) is 5.88. The zero-order valence-corrected chi connectivity index (χ0v) is 23.5. The molecule has 2 aliphatic carbocycles. The van der Waals surface area contributed by atoms with E-state index in [0.717, 1.165) is 44.1 Å². The van der Waals surface area contributed by atoms with Gasteiger partial charge in [-0.05, 0) is 37.7 Å². The highest BCUT2D eigenvalue weighted by molar-refractivity contribution is 6.42. The van der Waals surface area contributed by atoms with Crippen LogP contribution in [0.1, 0.15) is 44.1 Å². The normalized spacial score (nSPS) is 20.8. The van der Waals surface area contributed by atoms with Gasteiger partial charge in [-0.3, -0.25) is 14.6 Å². The number of amides is 3. The summed E-state index contributed by atoms with van der Waals surface area (Å²) >= 11 is 13.3. The van der Waals surface area contributed by atoms with E-state index in [-0.39, 0.29) is 40.6 Å². The largest absolute Gasteiger partial charge is 0.495 e. The number of anilines is 3. The molecule has 1 aliphatic heterocycles. The molecular formula is C27H32Cl2N6O4. The standard InChI is InChI=1S/C27H32Cl2N6O4/c1-4-21(36)31-17-7-5-6-8-18(17)32-26-30-12-16-14-34(27(37)35(25(16)33-26)13-15-9-10-15)24-22(28)19(38-2)11-20(39-3)23(24)29/h4,11-12,15,17-18H,1,5-10,13-14H2,2-3H3,(H,31,36)(H,30,32,33). The number of hydrogen-bond donors (Lipinski definition) is 2. The first-order valence-corrected chi connectivity index (χ1v) is 13.8. The topological polar surface area (TPSA) is 109 Å². The van der Waals surface area contributed by atoms with Crippen molar-refractivity contribution in [2.24, 2.45) is 5.92 Å². The van der Waals surface area contributed by atoms with Crippen molar-refractivity contribution in [3.63, 3.8) is 0 Å². The average Bonchev–Trinajstić information content (AvgIpc) is 3.76. The lowest BCUT2D eigenvalue weighted by Crippen LogP contribution is -2.50. The number of ether oxygens (including phenoxy) is 2.